The van der Waals surface area contributed by atoms with Crippen molar-refractivity contribution in [1.29, 1.82) is 0 Å². The van der Waals surface area contributed by atoms with Crippen LogP contribution in [0, 0.1) is 4.77 Å². The second kappa shape index (κ2) is 6.86. The molecule has 24 heavy (non-hydrogen) atoms. The molecule has 0 spiro atoms. The molecule has 1 N–H and O–H groups in total. The first kappa shape index (κ1) is 16.9. The van der Waals surface area contributed by atoms with Gasteiger partial charge in [0, 0.05) is 12.6 Å². The van der Waals surface area contributed by atoms with Crippen molar-refractivity contribution in [3.05, 3.63) is 38.9 Å². The lowest BCUT2D eigenvalue weighted by molar-refractivity contribution is 0.0601. The standard InChI is InChI=1S/C17H21N3O3S/c1-3-19-8-4-5-12(19)10-20-15(21)13-7-6-11(16(22)23-2)9-14(13)18-17(20)24/h6-7,9,12H,3-5,8,10H2,1-2H3,(H,18,24). The monoisotopic (exact) mass is 347 g/mol. The van der Waals surface area contributed by atoms with Gasteiger partial charge in [-0.3, -0.25) is 14.3 Å². The number of hydrogen-bond acceptors (Lipinski definition) is 5. The van der Waals surface area contributed by atoms with Crippen LogP contribution in [0.5, 0.6) is 0 Å². The zero-order chi connectivity index (χ0) is 17.3. The Hall–Kier alpha value is -1.99. The van der Waals surface area contributed by atoms with Crippen LogP contribution in [0.1, 0.15) is 30.1 Å². The van der Waals surface area contributed by atoms with E-state index in [1.165, 1.54) is 7.11 Å². The second-order valence-corrected chi connectivity index (χ2v) is 6.41. The highest BCUT2D eigenvalue weighted by molar-refractivity contribution is 7.71. The lowest BCUT2D eigenvalue weighted by Gasteiger charge is -2.23. The Balaban J connectivity index is 2.03. The van der Waals surface area contributed by atoms with E-state index in [9.17, 15) is 9.59 Å². The molecule has 3 rings (SSSR count). The molecule has 1 aromatic heterocycles. The minimum absolute atomic E-state index is 0.117. The van der Waals surface area contributed by atoms with Crippen molar-refractivity contribution in [2.45, 2.75) is 32.4 Å². The van der Waals surface area contributed by atoms with Crippen LogP contribution in [0.4, 0.5) is 0 Å². The van der Waals surface area contributed by atoms with Crippen LogP contribution < -0.4 is 5.56 Å². The topological polar surface area (TPSA) is 67.3 Å². The van der Waals surface area contributed by atoms with Gasteiger partial charge >= 0.3 is 5.97 Å². The summed E-state index contributed by atoms with van der Waals surface area (Å²) in [6.45, 7) is 4.78. The zero-order valence-electron chi connectivity index (χ0n) is 13.9. The number of aromatic nitrogens is 2. The summed E-state index contributed by atoms with van der Waals surface area (Å²) in [5.74, 6) is -0.440. The van der Waals surface area contributed by atoms with E-state index in [4.69, 9.17) is 17.0 Å². The number of fused-ring (bicyclic) bond motifs is 1. The van der Waals surface area contributed by atoms with Gasteiger partial charge in [0.05, 0.1) is 23.6 Å². The SMILES string of the molecule is CCN1CCCC1Cn1c(=S)[nH]c2cc(C(=O)OC)ccc2c1=O. The lowest BCUT2D eigenvalue weighted by Crippen LogP contribution is -2.36. The molecule has 2 aromatic rings. The van der Waals surface area contributed by atoms with Gasteiger partial charge in [-0.05, 0) is 56.3 Å². The molecule has 1 aliphatic heterocycles. The van der Waals surface area contributed by atoms with Crippen LogP contribution >= 0.6 is 12.2 Å². The number of ether oxygens (including phenoxy) is 1. The maximum absolute atomic E-state index is 12.8. The van der Waals surface area contributed by atoms with Crippen LogP contribution in [-0.2, 0) is 11.3 Å². The molecule has 0 saturated carbocycles. The fourth-order valence-corrected chi connectivity index (χ4v) is 3.66. The van der Waals surface area contributed by atoms with Crippen molar-refractivity contribution < 1.29 is 9.53 Å². The molecule has 1 atom stereocenters. The van der Waals surface area contributed by atoms with Crippen LogP contribution in [0.15, 0.2) is 23.0 Å². The van der Waals surface area contributed by atoms with Crippen molar-refractivity contribution in [2.75, 3.05) is 20.2 Å². The largest absolute Gasteiger partial charge is 0.465 e. The maximum atomic E-state index is 12.8. The van der Waals surface area contributed by atoms with E-state index in [0.717, 1.165) is 25.9 Å². The molecule has 0 aliphatic carbocycles. The Morgan fingerprint density at radius 1 is 1.46 bits per heavy atom. The van der Waals surface area contributed by atoms with Crippen molar-refractivity contribution in [2.24, 2.45) is 0 Å². The average molecular weight is 347 g/mol. The number of carbonyl (C=O) groups is 1. The van der Waals surface area contributed by atoms with Crippen molar-refractivity contribution in [1.82, 2.24) is 14.5 Å². The molecule has 0 bridgehead atoms. The molecule has 6 nitrogen and oxygen atoms in total. The third-order valence-electron chi connectivity index (χ3n) is 4.70. The van der Waals surface area contributed by atoms with E-state index in [-0.39, 0.29) is 5.56 Å². The first-order valence-corrected chi connectivity index (χ1v) is 8.55. The number of hydrogen-bond donors (Lipinski definition) is 1. The number of nitrogens with one attached hydrogen (secondary N) is 1. The molecular formula is C17H21N3O3S. The maximum Gasteiger partial charge on any atom is 0.337 e. The summed E-state index contributed by atoms with van der Waals surface area (Å²) in [5, 5.41) is 0.525. The smallest absolute Gasteiger partial charge is 0.337 e. The number of carbonyl (C=O) groups excluding carboxylic acids is 1. The molecule has 1 aliphatic rings. The number of benzene rings is 1. The number of H-pyrrole nitrogens is 1. The number of rotatable bonds is 4. The Labute approximate surface area is 145 Å². The first-order valence-electron chi connectivity index (χ1n) is 8.14. The average Bonchev–Trinajstić information content (AvgIpc) is 3.04. The summed E-state index contributed by atoms with van der Waals surface area (Å²) in [5.41, 5.74) is 0.830. The molecule has 1 aromatic carbocycles. The number of nitrogens with zero attached hydrogens (tertiary/aromatic N) is 2. The van der Waals surface area contributed by atoms with Crippen molar-refractivity contribution in [3.8, 4) is 0 Å². The second-order valence-electron chi connectivity index (χ2n) is 6.02. The van der Waals surface area contributed by atoms with E-state index in [0.29, 0.717) is 33.8 Å². The van der Waals surface area contributed by atoms with Crippen molar-refractivity contribution >= 4 is 29.1 Å². The summed E-state index contributed by atoms with van der Waals surface area (Å²) in [6, 6.07) is 5.20. The minimum atomic E-state index is -0.440. The Morgan fingerprint density at radius 2 is 2.25 bits per heavy atom. The molecule has 0 radical (unpaired) electrons. The molecule has 2 heterocycles. The summed E-state index contributed by atoms with van der Waals surface area (Å²) in [6.07, 6.45) is 2.23. The highest BCUT2D eigenvalue weighted by Gasteiger charge is 2.24. The third-order valence-corrected chi connectivity index (χ3v) is 5.02. The van der Waals surface area contributed by atoms with Crippen molar-refractivity contribution in [3.63, 3.8) is 0 Å². The van der Waals surface area contributed by atoms with E-state index >= 15 is 0 Å². The predicted octanol–water partition coefficient (Wildman–Crippen LogP) is 2.33. The van der Waals surface area contributed by atoms with Gasteiger partial charge in [-0.2, -0.15) is 0 Å². The van der Waals surface area contributed by atoms with Gasteiger partial charge in [0.1, 0.15) is 0 Å². The van der Waals surface area contributed by atoms with E-state index in [1.54, 1.807) is 22.8 Å². The molecule has 1 unspecified atom stereocenters. The molecule has 128 valence electrons. The Bertz CT molecular complexity index is 887. The van der Waals surface area contributed by atoms with Gasteiger partial charge in [0.25, 0.3) is 5.56 Å². The Kier molecular flexibility index (Phi) is 4.82. The molecule has 0 amide bonds. The lowest BCUT2D eigenvalue weighted by atomic mass is 10.1. The first-order chi connectivity index (χ1) is 11.5. The number of aromatic amines is 1. The summed E-state index contributed by atoms with van der Waals surface area (Å²) >= 11 is 5.39. The van der Waals surface area contributed by atoms with Gasteiger partial charge in [-0.1, -0.05) is 6.92 Å². The normalized spacial score (nSPS) is 18.2. The number of likely N-dealkylation sites (tertiary alicyclic amines) is 1. The fraction of sp³-hybridized carbons (Fsp3) is 0.471. The quantitative estimate of drug-likeness (QED) is 0.679. The predicted molar refractivity (Wildman–Crippen MR) is 95.0 cm³/mol. The molecular weight excluding hydrogens is 326 g/mol. The summed E-state index contributed by atoms with van der Waals surface area (Å²) < 4.78 is 6.73. The highest BCUT2D eigenvalue weighted by Crippen LogP contribution is 2.18. The van der Waals surface area contributed by atoms with Crippen LogP contribution in [-0.4, -0.2) is 46.7 Å². The van der Waals surface area contributed by atoms with E-state index in [2.05, 4.69) is 16.8 Å². The molecule has 1 fully saturated rings. The van der Waals surface area contributed by atoms with Gasteiger partial charge in [-0.15, -0.1) is 0 Å². The highest BCUT2D eigenvalue weighted by atomic mass is 32.1. The fourth-order valence-electron chi connectivity index (χ4n) is 3.39. The third kappa shape index (κ3) is 3.01. The van der Waals surface area contributed by atoms with Gasteiger partial charge in [-0.25, -0.2) is 4.79 Å². The van der Waals surface area contributed by atoms with E-state index < -0.39 is 5.97 Å². The van der Waals surface area contributed by atoms with Crippen LogP contribution in [0.3, 0.4) is 0 Å². The summed E-state index contributed by atoms with van der Waals surface area (Å²) in [4.78, 5) is 29.9. The van der Waals surface area contributed by atoms with E-state index in [1.807, 2.05) is 0 Å². The number of methoxy groups -OCH3 is 1. The zero-order valence-corrected chi connectivity index (χ0v) is 14.7. The molecule has 1 saturated heterocycles. The Morgan fingerprint density at radius 3 is 2.96 bits per heavy atom. The van der Waals surface area contributed by atoms with Gasteiger partial charge in [0.15, 0.2) is 4.77 Å². The molecule has 7 heteroatoms. The van der Waals surface area contributed by atoms with Gasteiger partial charge < -0.3 is 9.72 Å². The minimum Gasteiger partial charge on any atom is -0.465 e. The number of esters is 1. The van der Waals surface area contributed by atoms with Gasteiger partial charge in [0.2, 0.25) is 0 Å². The van der Waals surface area contributed by atoms with Crippen LogP contribution in [0.2, 0.25) is 0 Å². The van der Waals surface area contributed by atoms with Crippen LogP contribution in [0.25, 0.3) is 10.9 Å². The number of likely N-dealkylation sites (N-methyl/N-ethyl adjacent to an activating group) is 1. The summed E-state index contributed by atoms with van der Waals surface area (Å²) in [7, 11) is 1.33.